The van der Waals surface area contributed by atoms with Crippen LogP contribution < -0.4 is 5.32 Å². The maximum Gasteiger partial charge on any atom is 0.152 e. The van der Waals surface area contributed by atoms with Crippen molar-refractivity contribution in [2.45, 2.75) is 12.5 Å². The largest absolute Gasteiger partial charge is 0.380 e. The number of hydrogen-bond donors (Lipinski definition) is 1. The fourth-order valence-corrected chi connectivity index (χ4v) is 4.32. The molecule has 1 aromatic carbocycles. The first-order valence-electron chi connectivity index (χ1n) is 4.88. The molecule has 1 heterocycles. The van der Waals surface area contributed by atoms with Crippen LogP contribution in [0.1, 0.15) is 6.42 Å². The SMILES string of the molecule is O=S1(=O)CCC(Nc2ccc(I)cc2Cl)C1. The monoisotopic (exact) mass is 371 g/mol. The minimum absolute atomic E-state index is 0.0115. The molecule has 1 N–H and O–H groups in total. The first-order chi connectivity index (χ1) is 7.46. The quantitative estimate of drug-likeness (QED) is 0.813. The van der Waals surface area contributed by atoms with Gasteiger partial charge in [-0.2, -0.15) is 0 Å². The highest BCUT2D eigenvalue weighted by Crippen LogP contribution is 2.26. The van der Waals surface area contributed by atoms with Crippen molar-refractivity contribution in [2.24, 2.45) is 0 Å². The molecule has 0 saturated carbocycles. The highest BCUT2D eigenvalue weighted by molar-refractivity contribution is 14.1. The average Bonchev–Trinajstić information content (AvgIpc) is 2.51. The molecule has 1 saturated heterocycles. The van der Waals surface area contributed by atoms with Crippen LogP contribution in [0.15, 0.2) is 18.2 Å². The van der Waals surface area contributed by atoms with Gasteiger partial charge in [-0.1, -0.05) is 11.6 Å². The van der Waals surface area contributed by atoms with E-state index in [1.54, 1.807) is 0 Å². The number of benzene rings is 1. The molecule has 1 unspecified atom stereocenters. The lowest BCUT2D eigenvalue weighted by atomic mass is 10.2. The van der Waals surface area contributed by atoms with E-state index in [1.807, 2.05) is 18.2 Å². The predicted octanol–water partition coefficient (Wildman–Crippen LogP) is 2.54. The standard InChI is InChI=1S/C10H11ClINO2S/c11-9-5-7(12)1-2-10(9)13-8-3-4-16(14,15)6-8/h1-2,5,8,13H,3-4,6H2. The zero-order chi connectivity index (χ0) is 11.8. The van der Waals surface area contributed by atoms with Crippen LogP contribution in [0.3, 0.4) is 0 Å². The number of rotatable bonds is 2. The summed E-state index contributed by atoms with van der Waals surface area (Å²) in [5.41, 5.74) is 0.809. The van der Waals surface area contributed by atoms with Crippen LogP contribution in [0.25, 0.3) is 0 Å². The van der Waals surface area contributed by atoms with Gasteiger partial charge in [-0.05, 0) is 47.2 Å². The summed E-state index contributed by atoms with van der Waals surface area (Å²) in [6.07, 6.45) is 0.657. The zero-order valence-corrected chi connectivity index (χ0v) is 12.1. The molecule has 6 heteroatoms. The molecule has 16 heavy (non-hydrogen) atoms. The van der Waals surface area contributed by atoms with Crippen molar-refractivity contribution in [1.29, 1.82) is 0 Å². The smallest absolute Gasteiger partial charge is 0.152 e. The predicted molar refractivity (Wildman–Crippen MR) is 74.9 cm³/mol. The summed E-state index contributed by atoms with van der Waals surface area (Å²) in [7, 11) is -2.84. The minimum atomic E-state index is -2.84. The normalized spacial score (nSPS) is 23.2. The molecule has 1 aliphatic heterocycles. The van der Waals surface area contributed by atoms with Gasteiger partial charge in [-0.3, -0.25) is 0 Å². The Morgan fingerprint density at radius 1 is 1.44 bits per heavy atom. The number of hydrogen-bond acceptors (Lipinski definition) is 3. The summed E-state index contributed by atoms with van der Waals surface area (Å²) in [5, 5.41) is 3.81. The molecule has 0 radical (unpaired) electrons. The lowest BCUT2D eigenvalue weighted by Crippen LogP contribution is -2.20. The van der Waals surface area contributed by atoms with E-state index >= 15 is 0 Å². The van der Waals surface area contributed by atoms with Gasteiger partial charge in [0.25, 0.3) is 0 Å². The molecular formula is C10H11ClINO2S. The van der Waals surface area contributed by atoms with Crippen LogP contribution in [0, 0.1) is 3.57 Å². The van der Waals surface area contributed by atoms with Crippen molar-refractivity contribution in [3.63, 3.8) is 0 Å². The second-order valence-electron chi connectivity index (χ2n) is 3.87. The first kappa shape index (κ1) is 12.4. The third kappa shape index (κ3) is 3.01. The van der Waals surface area contributed by atoms with Crippen LogP contribution in [-0.4, -0.2) is 26.0 Å². The molecule has 0 bridgehead atoms. The van der Waals surface area contributed by atoms with Gasteiger partial charge in [-0.25, -0.2) is 8.42 Å². The van der Waals surface area contributed by atoms with E-state index in [9.17, 15) is 8.42 Å². The molecule has 2 rings (SSSR count). The highest BCUT2D eigenvalue weighted by Gasteiger charge is 2.27. The minimum Gasteiger partial charge on any atom is -0.380 e. The fourth-order valence-electron chi connectivity index (χ4n) is 1.74. The van der Waals surface area contributed by atoms with Crippen molar-refractivity contribution in [3.8, 4) is 0 Å². The molecule has 0 amide bonds. The molecule has 88 valence electrons. The van der Waals surface area contributed by atoms with E-state index in [0.717, 1.165) is 9.26 Å². The van der Waals surface area contributed by atoms with Crippen molar-refractivity contribution < 1.29 is 8.42 Å². The van der Waals surface area contributed by atoms with Crippen LogP contribution in [0.5, 0.6) is 0 Å². The van der Waals surface area contributed by atoms with E-state index in [1.165, 1.54) is 0 Å². The van der Waals surface area contributed by atoms with Gasteiger partial charge in [0.2, 0.25) is 0 Å². The Balaban J connectivity index is 2.11. The summed E-state index contributed by atoms with van der Waals surface area (Å²) in [6.45, 7) is 0. The van der Waals surface area contributed by atoms with Gasteiger partial charge in [0, 0.05) is 9.61 Å². The summed E-state index contributed by atoms with van der Waals surface area (Å²) >= 11 is 8.25. The second-order valence-corrected chi connectivity index (χ2v) is 7.75. The Bertz CT molecular complexity index is 504. The third-order valence-electron chi connectivity index (χ3n) is 2.52. The third-order valence-corrected chi connectivity index (χ3v) is 5.27. The van der Waals surface area contributed by atoms with Crippen LogP contribution in [-0.2, 0) is 9.84 Å². The molecular weight excluding hydrogens is 361 g/mol. The van der Waals surface area contributed by atoms with Gasteiger partial charge in [0.05, 0.1) is 22.2 Å². The number of halogens is 2. The molecule has 1 atom stereocenters. The van der Waals surface area contributed by atoms with Gasteiger partial charge in [0.15, 0.2) is 9.84 Å². The molecule has 0 aliphatic carbocycles. The van der Waals surface area contributed by atoms with E-state index in [0.29, 0.717) is 11.4 Å². The topological polar surface area (TPSA) is 46.2 Å². The van der Waals surface area contributed by atoms with Crippen molar-refractivity contribution in [3.05, 3.63) is 26.8 Å². The van der Waals surface area contributed by atoms with Crippen molar-refractivity contribution in [1.82, 2.24) is 0 Å². The summed E-state index contributed by atoms with van der Waals surface area (Å²) < 4.78 is 23.7. The van der Waals surface area contributed by atoms with E-state index in [4.69, 9.17) is 11.6 Å². The molecule has 3 nitrogen and oxygen atoms in total. The maximum absolute atomic E-state index is 11.3. The van der Waals surface area contributed by atoms with Gasteiger partial charge in [0.1, 0.15) is 0 Å². The number of sulfone groups is 1. The van der Waals surface area contributed by atoms with Crippen LogP contribution in [0.2, 0.25) is 5.02 Å². The van der Waals surface area contributed by atoms with E-state index in [2.05, 4.69) is 27.9 Å². The molecule has 0 aromatic heterocycles. The Morgan fingerprint density at radius 2 is 2.19 bits per heavy atom. The van der Waals surface area contributed by atoms with Crippen LogP contribution in [0.4, 0.5) is 5.69 Å². The Hall–Kier alpha value is -0.0100. The molecule has 1 aliphatic rings. The lowest BCUT2D eigenvalue weighted by molar-refractivity contribution is 0.602. The number of anilines is 1. The van der Waals surface area contributed by atoms with Crippen molar-refractivity contribution >= 4 is 49.7 Å². The zero-order valence-electron chi connectivity index (χ0n) is 8.41. The average molecular weight is 372 g/mol. The van der Waals surface area contributed by atoms with E-state index in [-0.39, 0.29) is 17.5 Å². The molecule has 1 fully saturated rings. The molecule has 1 aromatic rings. The van der Waals surface area contributed by atoms with Gasteiger partial charge < -0.3 is 5.32 Å². The lowest BCUT2D eigenvalue weighted by Gasteiger charge is -2.13. The summed E-state index contributed by atoms with van der Waals surface area (Å²) in [6, 6.07) is 5.67. The van der Waals surface area contributed by atoms with Gasteiger partial charge in [-0.15, -0.1) is 0 Å². The fraction of sp³-hybridized carbons (Fsp3) is 0.400. The second kappa shape index (κ2) is 4.70. The number of nitrogens with one attached hydrogen (secondary N) is 1. The Morgan fingerprint density at radius 3 is 2.75 bits per heavy atom. The first-order valence-corrected chi connectivity index (χ1v) is 8.16. The summed E-state index contributed by atoms with van der Waals surface area (Å²) in [4.78, 5) is 0. The van der Waals surface area contributed by atoms with Crippen LogP contribution >= 0.6 is 34.2 Å². The molecule has 0 spiro atoms. The Kier molecular flexibility index (Phi) is 3.65. The highest BCUT2D eigenvalue weighted by atomic mass is 127. The summed E-state index contributed by atoms with van der Waals surface area (Å²) in [5.74, 6) is 0.474. The Labute approximate surface area is 114 Å². The van der Waals surface area contributed by atoms with Gasteiger partial charge >= 0.3 is 0 Å². The van der Waals surface area contributed by atoms with Crippen molar-refractivity contribution in [2.75, 3.05) is 16.8 Å². The van der Waals surface area contributed by atoms with E-state index < -0.39 is 9.84 Å². The maximum atomic E-state index is 11.3.